The standard InChI is InChI=1S/C20H16F6N4O2/c1-29(32-2)18(31)16-17(13-6-4-3-5-7-13)30(28-27-16)11-12-8-14(19(21,22)23)10-15(9-12)20(24,25)26/h3-10H,11H2,1-2H3. The van der Waals surface area contributed by atoms with Crippen LogP contribution in [-0.4, -0.2) is 40.1 Å². The maximum Gasteiger partial charge on any atom is 0.416 e. The molecule has 170 valence electrons. The maximum atomic E-state index is 13.2. The van der Waals surface area contributed by atoms with Gasteiger partial charge in [-0.1, -0.05) is 35.5 Å². The molecule has 0 saturated heterocycles. The van der Waals surface area contributed by atoms with E-state index >= 15 is 0 Å². The summed E-state index contributed by atoms with van der Waals surface area (Å²) in [4.78, 5) is 17.4. The Labute approximate surface area is 178 Å². The van der Waals surface area contributed by atoms with Crippen molar-refractivity contribution in [3.05, 3.63) is 70.9 Å². The Balaban J connectivity index is 2.14. The number of carbonyl (C=O) groups excluding carboxylic acids is 1. The summed E-state index contributed by atoms with van der Waals surface area (Å²) >= 11 is 0. The number of amides is 1. The topological polar surface area (TPSA) is 60.2 Å². The van der Waals surface area contributed by atoms with Crippen LogP contribution in [0.4, 0.5) is 26.3 Å². The first-order valence-corrected chi connectivity index (χ1v) is 9.01. The maximum absolute atomic E-state index is 13.2. The first-order valence-electron chi connectivity index (χ1n) is 9.01. The summed E-state index contributed by atoms with van der Waals surface area (Å²) in [5.74, 6) is -0.697. The van der Waals surface area contributed by atoms with Crippen LogP contribution in [0.15, 0.2) is 48.5 Å². The van der Waals surface area contributed by atoms with E-state index in [1.165, 1.54) is 14.2 Å². The van der Waals surface area contributed by atoms with E-state index in [1.807, 2.05) is 0 Å². The molecule has 1 amide bonds. The Hall–Kier alpha value is -3.41. The van der Waals surface area contributed by atoms with Crippen LogP contribution in [0, 0.1) is 0 Å². The van der Waals surface area contributed by atoms with Gasteiger partial charge in [0.2, 0.25) is 0 Å². The Bertz CT molecular complexity index is 1080. The van der Waals surface area contributed by atoms with E-state index in [-0.39, 0.29) is 23.0 Å². The average Bonchev–Trinajstić information content (AvgIpc) is 3.15. The molecule has 12 heteroatoms. The van der Waals surface area contributed by atoms with Crippen molar-refractivity contribution in [2.45, 2.75) is 18.9 Å². The monoisotopic (exact) mass is 458 g/mol. The van der Waals surface area contributed by atoms with Crippen LogP contribution >= 0.6 is 0 Å². The number of benzene rings is 2. The number of nitrogens with zero attached hydrogens (tertiary/aromatic N) is 4. The molecule has 2 aromatic carbocycles. The predicted octanol–water partition coefficient (Wildman–Crippen LogP) is 4.66. The molecular weight excluding hydrogens is 442 g/mol. The lowest BCUT2D eigenvalue weighted by molar-refractivity contribution is -0.143. The number of aromatic nitrogens is 3. The summed E-state index contributed by atoms with van der Waals surface area (Å²) in [6.07, 6.45) is -9.97. The van der Waals surface area contributed by atoms with E-state index in [0.717, 1.165) is 9.75 Å². The lowest BCUT2D eigenvalue weighted by Gasteiger charge is -2.16. The van der Waals surface area contributed by atoms with Gasteiger partial charge < -0.3 is 0 Å². The minimum atomic E-state index is -4.98. The summed E-state index contributed by atoms with van der Waals surface area (Å²) < 4.78 is 80.2. The van der Waals surface area contributed by atoms with Crippen LogP contribution in [0.5, 0.6) is 0 Å². The highest BCUT2D eigenvalue weighted by Gasteiger charge is 2.37. The highest BCUT2D eigenvalue weighted by Crippen LogP contribution is 2.36. The van der Waals surface area contributed by atoms with E-state index in [9.17, 15) is 31.1 Å². The van der Waals surface area contributed by atoms with Crippen molar-refractivity contribution in [1.82, 2.24) is 20.1 Å². The number of rotatable bonds is 5. The van der Waals surface area contributed by atoms with E-state index in [0.29, 0.717) is 17.7 Å². The quantitative estimate of drug-likeness (QED) is 0.412. The van der Waals surface area contributed by atoms with Crippen LogP contribution in [0.1, 0.15) is 27.2 Å². The predicted molar refractivity (Wildman–Crippen MR) is 100 cm³/mol. The van der Waals surface area contributed by atoms with Crippen LogP contribution < -0.4 is 0 Å². The third-order valence-corrected chi connectivity index (χ3v) is 4.52. The summed E-state index contributed by atoms with van der Waals surface area (Å²) in [6.45, 7) is -0.492. The van der Waals surface area contributed by atoms with E-state index in [1.54, 1.807) is 30.3 Å². The molecule has 32 heavy (non-hydrogen) atoms. The number of hydrogen-bond donors (Lipinski definition) is 0. The van der Waals surface area contributed by atoms with Gasteiger partial charge in [0.25, 0.3) is 5.91 Å². The van der Waals surface area contributed by atoms with Crippen LogP contribution in [0.2, 0.25) is 0 Å². The normalized spacial score (nSPS) is 12.1. The van der Waals surface area contributed by atoms with E-state index < -0.39 is 35.9 Å². The van der Waals surface area contributed by atoms with Gasteiger partial charge in [0.1, 0.15) is 5.69 Å². The Kier molecular flexibility index (Phi) is 6.26. The van der Waals surface area contributed by atoms with Crippen molar-refractivity contribution in [3.8, 4) is 11.3 Å². The lowest BCUT2D eigenvalue weighted by Crippen LogP contribution is -2.26. The fraction of sp³-hybridized carbons (Fsp3) is 0.250. The summed E-state index contributed by atoms with van der Waals surface area (Å²) in [5.41, 5.74) is -2.83. The molecule has 0 spiro atoms. The zero-order valence-corrected chi connectivity index (χ0v) is 16.7. The summed E-state index contributed by atoms with van der Waals surface area (Å²) in [6, 6.07) is 9.45. The van der Waals surface area contributed by atoms with Crippen molar-refractivity contribution in [3.63, 3.8) is 0 Å². The highest BCUT2D eigenvalue weighted by atomic mass is 19.4. The molecule has 0 fully saturated rings. The molecule has 3 aromatic rings. The highest BCUT2D eigenvalue weighted by molar-refractivity contribution is 5.97. The number of alkyl halides is 6. The van der Waals surface area contributed by atoms with Gasteiger partial charge in [-0.3, -0.25) is 9.63 Å². The smallest absolute Gasteiger partial charge is 0.274 e. The molecule has 0 bridgehead atoms. The first kappa shape index (κ1) is 23.3. The SMILES string of the molecule is CON(C)C(=O)c1nnn(Cc2cc(C(F)(F)F)cc(C(F)(F)F)c2)c1-c1ccccc1. The number of halogens is 6. The molecule has 0 unspecified atom stereocenters. The minimum Gasteiger partial charge on any atom is -0.274 e. The lowest BCUT2D eigenvalue weighted by atomic mass is 10.0. The van der Waals surface area contributed by atoms with Crippen molar-refractivity contribution >= 4 is 5.91 Å². The second kappa shape index (κ2) is 8.61. The van der Waals surface area contributed by atoms with E-state index in [2.05, 4.69) is 10.3 Å². The minimum absolute atomic E-state index is 0.0471. The molecule has 0 atom stereocenters. The molecule has 0 N–H and O–H groups in total. The zero-order chi connectivity index (χ0) is 23.7. The van der Waals surface area contributed by atoms with Gasteiger partial charge in [-0.15, -0.1) is 5.10 Å². The van der Waals surface area contributed by atoms with Gasteiger partial charge in [0.05, 0.1) is 24.8 Å². The molecule has 0 saturated carbocycles. The Morgan fingerprint density at radius 3 is 2.06 bits per heavy atom. The molecule has 0 aliphatic carbocycles. The fourth-order valence-corrected chi connectivity index (χ4v) is 2.97. The Morgan fingerprint density at radius 1 is 1.00 bits per heavy atom. The number of hydrogen-bond acceptors (Lipinski definition) is 4. The van der Waals surface area contributed by atoms with Gasteiger partial charge in [-0.2, -0.15) is 26.3 Å². The third kappa shape index (κ3) is 4.90. The average molecular weight is 458 g/mol. The van der Waals surface area contributed by atoms with Crippen LogP contribution in [-0.2, 0) is 23.7 Å². The molecule has 0 aliphatic rings. The fourth-order valence-electron chi connectivity index (χ4n) is 2.97. The van der Waals surface area contributed by atoms with Crippen molar-refractivity contribution in [1.29, 1.82) is 0 Å². The van der Waals surface area contributed by atoms with Crippen molar-refractivity contribution < 1.29 is 36.0 Å². The van der Waals surface area contributed by atoms with Crippen molar-refractivity contribution in [2.24, 2.45) is 0 Å². The summed E-state index contributed by atoms with van der Waals surface area (Å²) in [5, 5.41) is 8.48. The molecule has 3 rings (SSSR count). The number of carbonyl (C=O) groups is 1. The molecule has 6 nitrogen and oxygen atoms in total. The second-order valence-corrected chi connectivity index (χ2v) is 6.71. The van der Waals surface area contributed by atoms with Crippen LogP contribution in [0.3, 0.4) is 0 Å². The summed E-state index contributed by atoms with van der Waals surface area (Å²) in [7, 11) is 2.56. The molecule has 0 radical (unpaired) electrons. The van der Waals surface area contributed by atoms with Crippen molar-refractivity contribution in [2.75, 3.05) is 14.2 Å². The first-order chi connectivity index (χ1) is 14.9. The molecule has 1 heterocycles. The van der Waals surface area contributed by atoms with Gasteiger partial charge in [0, 0.05) is 12.6 Å². The molecule has 0 aliphatic heterocycles. The van der Waals surface area contributed by atoms with Gasteiger partial charge >= 0.3 is 12.4 Å². The Morgan fingerprint density at radius 2 is 1.56 bits per heavy atom. The van der Waals surface area contributed by atoms with Gasteiger partial charge in [0.15, 0.2) is 5.69 Å². The van der Waals surface area contributed by atoms with Crippen LogP contribution in [0.25, 0.3) is 11.3 Å². The molecule has 1 aromatic heterocycles. The van der Waals surface area contributed by atoms with E-state index in [4.69, 9.17) is 4.84 Å². The third-order valence-electron chi connectivity index (χ3n) is 4.52. The number of hydroxylamine groups is 2. The van der Waals surface area contributed by atoms with Gasteiger partial charge in [-0.25, -0.2) is 9.75 Å². The largest absolute Gasteiger partial charge is 0.416 e. The molecular formula is C20H16F6N4O2. The van der Waals surface area contributed by atoms with Gasteiger partial charge in [-0.05, 0) is 23.8 Å². The zero-order valence-electron chi connectivity index (χ0n) is 16.7. The second-order valence-electron chi connectivity index (χ2n) is 6.71.